The van der Waals surface area contributed by atoms with Crippen LogP contribution in [0, 0.1) is 5.92 Å². The lowest BCUT2D eigenvalue weighted by molar-refractivity contribution is 0.210. The molecular formula is C20H29N5O. The van der Waals surface area contributed by atoms with Gasteiger partial charge < -0.3 is 20.0 Å². The highest BCUT2D eigenvalue weighted by atomic mass is 16.3. The molecule has 0 spiro atoms. The van der Waals surface area contributed by atoms with Crippen LogP contribution >= 0.6 is 0 Å². The van der Waals surface area contributed by atoms with Crippen LogP contribution in [0.3, 0.4) is 0 Å². The van der Waals surface area contributed by atoms with E-state index in [2.05, 4.69) is 39.5 Å². The van der Waals surface area contributed by atoms with Gasteiger partial charge in [0.2, 0.25) is 5.89 Å². The second kappa shape index (κ2) is 9.38. The molecular weight excluding hydrogens is 326 g/mol. The van der Waals surface area contributed by atoms with Gasteiger partial charge in [0.25, 0.3) is 0 Å². The summed E-state index contributed by atoms with van der Waals surface area (Å²) in [5.74, 6) is 2.15. The number of guanidine groups is 1. The maximum Gasteiger partial charge on any atom is 0.226 e. The molecule has 140 valence electrons. The number of hydrogen-bond donors (Lipinski definition) is 2. The molecule has 26 heavy (non-hydrogen) atoms. The zero-order valence-corrected chi connectivity index (χ0v) is 15.7. The molecule has 1 fully saturated rings. The van der Waals surface area contributed by atoms with Gasteiger partial charge in [0.15, 0.2) is 5.96 Å². The smallest absolute Gasteiger partial charge is 0.226 e. The van der Waals surface area contributed by atoms with E-state index in [4.69, 9.17) is 4.42 Å². The van der Waals surface area contributed by atoms with E-state index in [-0.39, 0.29) is 0 Å². The van der Waals surface area contributed by atoms with Gasteiger partial charge in [-0.3, -0.25) is 0 Å². The highest BCUT2D eigenvalue weighted by Gasteiger charge is 2.17. The SMILES string of the molecule is CCNC(=NCc1coc(-c2ccccc2)n1)NCC1CCCN(C)C1. The Hall–Kier alpha value is -2.34. The number of piperidine rings is 1. The molecule has 3 rings (SSSR count). The largest absolute Gasteiger partial charge is 0.444 e. The minimum Gasteiger partial charge on any atom is -0.444 e. The Balaban J connectivity index is 1.56. The van der Waals surface area contributed by atoms with Crippen molar-refractivity contribution in [2.45, 2.75) is 26.3 Å². The van der Waals surface area contributed by atoms with Gasteiger partial charge in [-0.2, -0.15) is 0 Å². The first-order valence-corrected chi connectivity index (χ1v) is 9.45. The minimum atomic E-state index is 0.496. The van der Waals surface area contributed by atoms with Crippen molar-refractivity contribution in [1.82, 2.24) is 20.5 Å². The summed E-state index contributed by atoms with van der Waals surface area (Å²) in [6, 6.07) is 9.92. The molecule has 1 aromatic heterocycles. The molecule has 1 aromatic carbocycles. The van der Waals surface area contributed by atoms with Gasteiger partial charge in [-0.25, -0.2) is 9.98 Å². The van der Waals surface area contributed by atoms with Crippen LogP contribution in [0.2, 0.25) is 0 Å². The van der Waals surface area contributed by atoms with E-state index >= 15 is 0 Å². The van der Waals surface area contributed by atoms with Crippen LogP contribution < -0.4 is 10.6 Å². The number of likely N-dealkylation sites (tertiary alicyclic amines) is 1. The molecule has 2 N–H and O–H groups in total. The first-order chi connectivity index (χ1) is 12.7. The van der Waals surface area contributed by atoms with Crippen LogP contribution in [0.5, 0.6) is 0 Å². The van der Waals surface area contributed by atoms with Gasteiger partial charge in [0, 0.05) is 25.2 Å². The van der Waals surface area contributed by atoms with Crippen molar-refractivity contribution in [3.05, 3.63) is 42.3 Å². The third-order valence-corrected chi connectivity index (χ3v) is 4.60. The van der Waals surface area contributed by atoms with Crippen molar-refractivity contribution >= 4 is 5.96 Å². The number of aromatic nitrogens is 1. The van der Waals surface area contributed by atoms with E-state index in [1.807, 2.05) is 30.3 Å². The summed E-state index contributed by atoms with van der Waals surface area (Å²) in [5.41, 5.74) is 1.81. The third-order valence-electron chi connectivity index (χ3n) is 4.60. The van der Waals surface area contributed by atoms with E-state index < -0.39 is 0 Å². The molecule has 2 heterocycles. The summed E-state index contributed by atoms with van der Waals surface area (Å²) in [7, 11) is 2.19. The van der Waals surface area contributed by atoms with Crippen LogP contribution in [0.1, 0.15) is 25.5 Å². The van der Waals surface area contributed by atoms with E-state index in [9.17, 15) is 0 Å². The van der Waals surface area contributed by atoms with Crippen molar-refractivity contribution in [2.24, 2.45) is 10.9 Å². The van der Waals surface area contributed by atoms with Crippen molar-refractivity contribution in [2.75, 3.05) is 33.2 Å². The van der Waals surface area contributed by atoms with Crippen molar-refractivity contribution in [3.63, 3.8) is 0 Å². The maximum absolute atomic E-state index is 5.58. The Morgan fingerprint density at radius 3 is 2.92 bits per heavy atom. The van der Waals surface area contributed by atoms with Crippen molar-refractivity contribution in [3.8, 4) is 11.5 Å². The zero-order chi connectivity index (χ0) is 18.2. The second-order valence-corrected chi connectivity index (χ2v) is 6.86. The first kappa shape index (κ1) is 18.5. The fraction of sp³-hybridized carbons (Fsp3) is 0.500. The standard InChI is InChI=1S/C20H29N5O/c1-3-21-20(22-12-16-8-7-11-25(2)14-16)23-13-18-15-26-19(24-18)17-9-5-4-6-10-17/h4-6,9-10,15-16H,3,7-8,11-14H2,1-2H3,(H2,21,22,23). The fourth-order valence-corrected chi connectivity index (χ4v) is 3.28. The minimum absolute atomic E-state index is 0.496. The van der Waals surface area contributed by atoms with Gasteiger partial charge in [0.1, 0.15) is 12.0 Å². The number of benzene rings is 1. The Morgan fingerprint density at radius 2 is 2.15 bits per heavy atom. The molecule has 1 saturated heterocycles. The van der Waals surface area contributed by atoms with E-state index in [1.165, 1.54) is 19.4 Å². The van der Waals surface area contributed by atoms with Crippen LogP contribution in [-0.2, 0) is 6.54 Å². The van der Waals surface area contributed by atoms with Gasteiger partial charge in [-0.1, -0.05) is 18.2 Å². The summed E-state index contributed by atoms with van der Waals surface area (Å²) in [6.45, 7) is 6.72. The van der Waals surface area contributed by atoms with E-state index in [1.54, 1.807) is 6.26 Å². The Labute approximate surface area is 155 Å². The predicted molar refractivity (Wildman–Crippen MR) is 105 cm³/mol. The van der Waals surface area contributed by atoms with Crippen molar-refractivity contribution < 1.29 is 4.42 Å². The Bertz CT molecular complexity index is 697. The fourth-order valence-electron chi connectivity index (χ4n) is 3.28. The van der Waals surface area contributed by atoms with Crippen LogP contribution in [0.25, 0.3) is 11.5 Å². The molecule has 0 radical (unpaired) electrons. The summed E-state index contributed by atoms with van der Waals surface area (Å²) in [5, 5.41) is 6.78. The number of rotatable bonds is 6. The molecule has 1 aliphatic heterocycles. The lowest BCUT2D eigenvalue weighted by atomic mass is 9.99. The molecule has 2 aromatic rings. The predicted octanol–water partition coefficient (Wildman–Crippen LogP) is 2.74. The van der Waals surface area contributed by atoms with Crippen LogP contribution in [0.15, 0.2) is 46.0 Å². The molecule has 1 aliphatic rings. The van der Waals surface area contributed by atoms with Gasteiger partial charge >= 0.3 is 0 Å². The molecule has 0 saturated carbocycles. The number of nitrogens with zero attached hydrogens (tertiary/aromatic N) is 3. The summed E-state index contributed by atoms with van der Waals surface area (Å²) >= 11 is 0. The maximum atomic E-state index is 5.58. The average molecular weight is 355 g/mol. The van der Waals surface area contributed by atoms with E-state index in [0.717, 1.165) is 36.9 Å². The summed E-state index contributed by atoms with van der Waals surface area (Å²) in [6.07, 6.45) is 4.24. The number of nitrogens with one attached hydrogen (secondary N) is 2. The lowest BCUT2D eigenvalue weighted by Gasteiger charge is -2.30. The summed E-state index contributed by atoms with van der Waals surface area (Å²) < 4.78 is 5.58. The first-order valence-electron chi connectivity index (χ1n) is 9.45. The topological polar surface area (TPSA) is 65.7 Å². The second-order valence-electron chi connectivity index (χ2n) is 6.86. The molecule has 0 amide bonds. The normalized spacial score (nSPS) is 18.7. The number of oxazole rings is 1. The van der Waals surface area contributed by atoms with Gasteiger partial charge in [0.05, 0.1) is 6.54 Å². The molecule has 6 heteroatoms. The number of aliphatic imine (C=N–C) groups is 1. The van der Waals surface area contributed by atoms with E-state index in [0.29, 0.717) is 18.4 Å². The number of hydrogen-bond acceptors (Lipinski definition) is 4. The molecule has 1 atom stereocenters. The Morgan fingerprint density at radius 1 is 1.31 bits per heavy atom. The highest BCUT2D eigenvalue weighted by molar-refractivity contribution is 5.79. The molecule has 6 nitrogen and oxygen atoms in total. The average Bonchev–Trinajstić information content (AvgIpc) is 3.14. The van der Waals surface area contributed by atoms with Crippen molar-refractivity contribution in [1.29, 1.82) is 0 Å². The molecule has 1 unspecified atom stereocenters. The lowest BCUT2D eigenvalue weighted by Crippen LogP contribution is -2.43. The van der Waals surface area contributed by atoms with Gasteiger partial charge in [-0.05, 0) is 51.4 Å². The highest BCUT2D eigenvalue weighted by Crippen LogP contribution is 2.18. The van der Waals surface area contributed by atoms with Crippen LogP contribution in [0.4, 0.5) is 0 Å². The molecule has 0 aliphatic carbocycles. The summed E-state index contributed by atoms with van der Waals surface area (Å²) in [4.78, 5) is 11.6. The quantitative estimate of drug-likeness (QED) is 0.616. The third kappa shape index (κ3) is 5.33. The van der Waals surface area contributed by atoms with Gasteiger partial charge in [-0.15, -0.1) is 0 Å². The monoisotopic (exact) mass is 355 g/mol. The zero-order valence-electron chi connectivity index (χ0n) is 15.7. The Kier molecular flexibility index (Phi) is 6.66. The van der Waals surface area contributed by atoms with Crippen LogP contribution in [-0.4, -0.2) is 49.1 Å². The molecule has 0 bridgehead atoms.